The largest absolute Gasteiger partial charge is 0.465 e. The summed E-state index contributed by atoms with van der Waals surface area (Å²) in [6.45, 7) is 0. The molecule has 0 heterocycles. The molecular weight excluding hydrogens is 442 g/mol. The third-order valence-corrected chi connectivity index (χ3v) is 4.07. The zero-order valence-electron chi connectivity index (χ0n) is 16.5. The van der Waals surface area contributed by atoms with Crippen molar-refractivity contribution in [2.45, 2.75) is 12.4 Å². The van der Waals surface area contributed by atoms with Gasteiger partial charge in [-0.1, -0.05) is 35.7 Å². The maximum absolute atomic E-state index is 13.5. The predicted octanol–water partition coefficient (Wildman–Crippen LogP) is 5.61. The van der Waals surface area contributed by atoms with Crippen LogP contribution in [0.2, 0.25) is 0 Å². The Morgan fingerprint density at radius 2 is 0.844 bits per heavy atom. The molecule has 0 aromatic heterocycles. The van der Waals surface area contributed by atoms with Gasteiger partial charge in [-0.15, -0.1) is 0 Å². The second kappa shape index (κ2) is 9.60. The standard InChI is InChI=1S/C22H14F6O4/c1-31-19(29)15-7-3-13(4-8-15)17(21(23,24)25)11-12-18(22(26,27)28)14-5-9-16(10-6-14)20(30)32-2/h3-10H,1-2H3. The molecule has 32 heavy (non-hydrogen) atoms. The Bertz CT molecular complexity index is 1010. The minimum absolute atomic E-state index is 0.0426. The molecule has 0 amide bonds. The molecule has 0 radical (unpaired) electrons. The Kier molecular flexibility index (Phi) is 7.36. The lowest BCUT2D eigenvalue weighted by Gasteiger charge is -2.11. The average molecular weight is 456 g/mol. The number of halogens is 6. The maximum Gasteiger partial charge on any atom is 0.424 e. The quantitative estimate of drug-likeness (QED) is 0.341. The summed E-state index contributed by atoms with van der Waals surface area (Å²) in [5.74, 6) is -1.58. The molecule has 168 valence electrons. The van der Waals surface area contributed by atoms with Crippen LogP contribution < -0.4 is 0 Å². The van der Waals surface area contributed by atoms with E-state index in [1.165, 1.54) is 0 Å². The molecule has 0 aliphatic heterocycles. The van der Waals surface area contributed by atoms with E-state index in [1.807, 2.05) is 0 Å². The fourth-order valence-electron chi connectivity index (χ4n) is 2.52. The Hall–Kier alpha value is -3.74. The van der Waals surface area contributed by atoms with Gasteiger partial charge >= 0.3 is 24.3 Å². The molecule has 0 unspecified atom stereocenters. The smallest absolute Gasteiger partial charge is 0.424 e. The number of rotatable bonds is 4. The van der Waals surface area contributed by atoms with Gasteiger partial charge in [0.2, 0.25) is 0 Å². The monoisotopic (exact) mass is 456 g/mol. The van der Waals surface area contributed by atoms with Gasteiger partial charge in [0.05, 0.1) is 25.3 Å². The molecule has 2 aromatic carbocycles. The van der Waals surface area contributed by atoms with Crippen LogP contribution in [0.3, 0.4) is 0 Å². The number of carbonyl (C=O) groups is 2. The van der Waals surface area contributed by atoms with Gasteiger partial charge < -0.3 is 9.47 Å². The van der Waals surface area contributed by atoms with Crippen molar-refractivity contribution in [1.82, 2.24) is 0 Å². The van der Waals surface area contributed by atoms with Gasteiger partial charge in [-0.2, -0.15) is 26.3 Å². The van der Waals surface area contributed by atoms with Gasteiger partial charge in [-0.05, 0) is 35.4 Å². The van der Waals surface area contributed by atoms with Crippen LogP contribution in [0.1, 0.15) is 31.8 Å². The summed E-state index contributed by atoms with van der Waals surface area (Å²) < 4.78 is 89.8. The van der Waals surface area contributed by atoms with Crippen LogP contribution in [0.4, 0.5) is 26.3 Å². The second-order valence-electron chi connectivity index (χ2n) is 6.13. The SMILES string of the molecule is COC(=O)c1ccc(C(=C=C=C(c2ccc(C(=O)OC)cc2)C(F)(F)F)C(F)(F)F)cc1. The lowest BCUT2D eigenvalue weighted by Crippen LogP contribution is -2.11. The minimum atomic E-state index is -5.06. The third kappa shape index (κ3) is 5.91. The topological polar surface area (TPSA) is 52.6 Å². The van der Waals surface area contributed by atoms with Crippen LogP contribution in [0.25, 0.3) is 11.1 Å². The zero-order chi connectivity index (χ0) is 24.1. The van der Waals surface area contributed by atoms with E-state index >= 15 is 0 Å². The second-order valence-corrected chi connectivity index (χ2v) is 6.13. The van der Waals surface area contributed by atoms with E-state index in [-0.39, 0.29) is 11.1 Å². The first-order valence-electron chi connectivity index (χ1n) is 8.66. The van der Waals surface area contributed by atoms with E-state index in [9.17, 15) is 35.9 Å². The number of benzene rings is 2. The van der Waals surface area contributed by atoms with E-state index in [0.29, 0.717) is 0 Å². The van der Waals surface area contributed by atoms with Gasteiger partial charge in [0, 0.05) is 0 Å². The van der Waals surface area contributed by atoms with Crippen molar-refractivity contribution in [1.29, 1.82) is 0 Å². The highest BCUT2D eigenvalue weighted by Gasteiger charge is 2.37. The number of allylic oxidation sites excluding steroid dienone is 2. The molecule has 0 N–H and O–H groups in total. The molecule has 2 rings (SSSR count). The summed E-state index contributed by atoms with van der Waals surface area (Å²) in [4.78, 5) is 22.8. The van der Waals surface area contributed by atoms with E-state index < -0.39 is 46.6 Å². The highest BCUT2D eigenvalue weighted by molar-refractivity contribution is 5.90. The Balaban J connectivity index is 2.70. The summed E-state index contributed by atoms with van der Waals surface area (Å²) >= 11 is 0. The fraction of sp³-hybridized carbons (Fsp3) is 0.182. The van der Waals surface area contributed by atoms with E-state index in [2.05, 4.69) is 9.47 Å². The molecule has 0 aliphatic carbocycles. The van der Waals surface area contributed by atoms with Crippen molar-refractivity contribution >= 4 is 23.1 Å². The van der Waals surface area contributed by atoms with Crippen LogP contribution in [-0.2, 0) is 9.47 Å². The molecule has 0 spiro atoms. The molecule has 0 bridgehead atoms. The predicted molar refractivity (Wildman–Crippen MR) is 102 cm³/mol. The van der Waals surface area contributed by atoms with Crippen molar-refractivity contribution in [3.63, 3.8) is 0 Å². The molecule has 0 saturated carbocycles. The number of esters is 2. The summed E-state index contributed by atoms with van der Waals surface area (Å²) in [7, 11) is 2.17. The van der Waals surface area contributed by atoms with E-state index in [1.54, 1.807) is 11.5 Å². The average Bonchev–Trinajstić information content (AvgIpc) is 2.74. The molecular formula is C22H14F6O4. The molecule has 10 heteroatoms. The van der Waals surface area contributed by atoms with Gasteiger partial charge in [-0.3, -0.25) is 0 Å². The van der Waals surface area contributed by atoms with Crippen molar-refractivity contribution in [2.75, 3.05) is 14.2 Å². The highest BCUT2D eigenvalue weighted by atomic mass is 19.4. The minimum Gasteiger partial charge on any atom is -0.465 e. The number of hydrogen-bond donors (Lipinski definition) is 0. The first-order valence-corrected chi connectivity index (χ1v) is 8.66. The van der Waals surface area contributed by atoms with Crippen LogP contribution in [-0.4, -0.2) is 38.5 Å². The third-order valence-electron chi connectivity index (χ3n) is 4.07. The van der Waals surface area contributed by atoms with Gasteiger partial charge in [0.1, 0.15) is 11.1 Å². The Morgan fingerprint density at radius 3 is 1.06 bits per heavy atom. The van der Waals surface area contributed by atoms with Crippen LogP contribution in [0, 0.1) is 0 Å². The summed E-state index contributed by atoms with van der Waals surface area (Å²) in [6.07, 6.45) is -10.1. The molecule has 0 atom stereocenters. The number of hydrogen-bond acceptors (Lipinski definition) is 4. The number of methoxy groups -OCH3 is 2. The summed E-state index contributed by atoms with van der Waals surface area (Å²) in [5.41, 5.74) is -1.05. The first kappa shape index (κ1) is 24.5. The molecule has 2 aromatic rings. The number of alkyl halides is 6. The van der Waals surface area contributed by atoms with Crippen molar-refractivity contribution in [2.24, 2.45) is 0 Å². The van der Waals surface area contributed by atoms with Crippen LogP contribution >= 0.6 is 0 Å². The van der Waals surface area contributed by atoms with Gasteiger partial charge in [0.15, 0.2) is 0 Å². The van der Waals surface area contributed by atoms with Crippen molar-refractivity contribution in [3.8, 4) is 0 Å². The zero-order valence-corrected chi connectivity index (χ0v) is 16.5. The normalized spacial score (nSPS) is 11.1. The molecule has 0 fully saturated rings. The van der Waals surface area contributed by atoms with Gasteiger partial charge in [-0.25, -0.2) is 9.59 Å². The fourth-order valence-corrected chi connectivity index (χ4v) is 2.52. The lowest BCUT2D eigenvalue weighted by molar-refractivity contribution is -0.0702. The summed E-state index contributed by atoms with van der Waals surface area (Å²) in [6, 6.07) is 7.76. The maximum atomic E-state index is 13.5. The Labute approximate surface area is 178 Å². The van der Waals surface area contributed by atoms with E-state index in [0.717, 1.165) is 62.8 Å². The molecule has 0 aliphatic rings. The van der Waals surface area contributed by atoms with Crippen molar-refractivity contribution < 1.29 is 45.4 Å². The Morgan fingerprint density at radius 1 is 0.594 bits per heavy atom. The lowest BCUT2D eigenvalue weighted by atomic mass is 10.0. The van der Waals surface area contributed by atoms with Crippen molar-refractivity contribution in [3.05, 3.63) is 82.2 Å². The van der Waals surface area contributed by atoms with Crippen LogP contribution in [0.15, 0.2) is 60.0 Å². The first-order chi connectivity index (χ1) is 14.9. The molecule has 4 nitrogen and oxygen atoms in total. The van der Waals surface area contributed by atoms with Crippen LogP contribution in [0.5, 0.6) is 0 Å². The van der Waals surface area contributed by atoms with Gasteiger partial charge in [0.25, 0.3) is 0 Å². The number of ether oxygens (including phenoxy) is 2. The highest BCUT2D eigenvalue weighted by Crippen LogP contribution is 2.35. The summed E-state index contributed by atoms with van der Waals surface area (Å²) in [5, 5.41) is 0. The van der Waals surface area contributed by atoms with E-state index in [4.69, 9.17) is 0 Å². The molecule has 0 saturated heterocycles. The number of carbonyl (C=O) groups excluding carboxylic acids is 2.